The number of aryl methyl sites for hydroxylation is 1. The molecule has 47 heavy (non-hydrogen) atoms. The number of anilines is 1. The lowest BCUT2D eigenvalue weighted by Gasteiger charge is -2.34. The summed E-state index contributed by atoms with van der Waals surface area (Å²) >= 11 is 0. The first-order valence-corrected chi connectivity index (χ1v) is 16.8. The fourth-order valence-electron chi connectivity index (χ4n) is 5.39. The lowest BCUT2D eigenvalue weighted by Crippen LogP contribution is -2.54. The van der Waals surface area contributed by atoms with E-state index in [4.69, 9.17) is 9.47 Å². The van der Waals surface area contributed by atoms with Crippen molar-refractivity contribution in [3.8, 4) is 11.5 Å². The number of hydrogen-bond acceptors (Lipinski definition) is 6. The van der Waals surface area contributed by atoms with E-state index in [0.29, 0.717) is 12.4 Å². The largest absolute Gasteiger partial charge is 0.486 e. The lowest BCUT2D eigenvalue weighted by molar-refractivity contribution is -0.140. The number of sulfonamides is 1. The molecule has 0 aromatic heterocycles. The Morgan fingerprint density at radius 2 is 1.53 bits per heavy atom. The molecule has 2 amide bonds. The van der Waals surface area contributed by atoms with Gasteiger partial charge in [-0.05, 0) is 68.3 Å². The summed E-state index contributed by atoms with van der Waals surface area (Å²) in [5, 5.41) is 2.94. The first-order valence-electron chi connectivity index (χ1n) is 15.4. The Labute approximate surface area is 275 Å². The molecule has 11 heteroatoms. The summed E-state index contributed by atoms with van der Waals surface area (Å²) in [5.41, 5.74) is 2.65. The van der Waals surface area contributed by atoms with E-state index in [9.17, 15) is 22.4 Å². The molecule has 246 valence electrons. The number of nitrogens with zero attached hydrogens (tertiary/aromatic N) is 2. The minimum Gasteiger partial charge on any atom is -0.486 e. The maximum absolute atomic E-state index is 14.5. The van der Waals surface area contributed by atoms with Crippen LogP contribution in [0.2, 0.25) is 0 Å². The standard InChI is InChI=1S/C36H38FN3O6S/c1-25(2)38-36(42)32(21-27-9-5-4-6-10-27)39(23-28-11-7-8-26(3)20-28)35(41)24-40(30-14-12-29(37)13-15-30)47(43,44)31-16-17-33-34(22-31)46-19-18-45-33/h4-17,20,22,25,32H,18-19,21,23-24H2,1-3H3,(H,38,42)/t32-/m1/s1. The number of amides is 2. The number of rotatable bonds is 12. The number of carbonyl (C=O) groups is 2. The van der Waals surface area contributed by atoms with Gasteiger partial charge in [-0.3, -0.25) is 13.9 Å². The number of fused-ring (bicyclic) bond motifs is 1. The summed E-state index contributed by atoms with van der Waals surface area (Å²) in [6, 6.07) is 24.8. The molecular formula is C36H38FN3O6S. The predicted octanol–water partition coefficient (Wildman–Crippen LogP) is 5.27. The Balaban J connectivity index is 1.57. The monoisotopic (exact) mass is 659 g/mol. The second-order valence-corrected chi connectivity index (χ2v) is 13.5. The Kier molecular flexibility index (Phi) is 10.5. The second kappa shape index (κ2) is 14.7. The Bertz CT molecular complexity index is 1820. The maximum Gasteiger partial charge on any atom is 0.264 e. The van der Waals surface area contributed by atoms with Crippen molar-refractivity contribution in [1.82, 2.24) is 10.2 Å². The van der Waals surface area contributed by atoms with E-state index < -0.39 is 34.3 Å². The predicted molar refractivity (Wildman–Crippen MR) is 177 cm³/mol. The van der Waals surface area contributed by atoms with Crippen molar-refractivity contribution >= 4 is 27.5 Å². The van der Waals surface area contributed by atoms with Crippen LogP contribution in [0.5, 0.6) is 11.5 Å². The first kappa shape index (κ1) is 33.5. The molecule has 1 aliphatic rings. The molecule has 4 aromatic carbocycles. The molecule has 9 nitrogen and oxygen atoms in total. The number of hydrogen-bond donors (Lipinski definition) is 1. The zero-order chi connectivity index (χ0) is 33.6. The van der Waals surface area contributed by atoms with E-state index in [1.165, 1.54) is 35.2 Å². The summed E-state index contributed by atoms with van der Waals surface area (Å²) in [7, 11) is -4.41. The van der Waals surface area contributed by atoms with E-state index in [-0.39, 0.29) is 47.9 Å². The molecule has 1 heterocycles. The van der Waals surface area contributed by atoms with Crippen LogP contribution in [0.15, 0.2) is 102 Å². The molecule has 0 aliphatic carbocycles. The Morgan fingerprint density at radius 1 is 0.851 bits per heavy atom. The fourth-order valence-corrected chi connectivity index (χ4v) is 6.82. The van der Waals surface area contributed by atoms with Gasteiger partial charge in [-0.1, -0.05) is 60.2 Å². The highest BCUT2D eigenvalue weighted by Gasteiger charge is 2.35. The van der Waals surface area contributed by atoms with E-state index >= 15 is 0 Å². The van der Waals surface area contributed by atoms with Gasteiger partial charge in [0.15, 0.2) is 11.5 Å². The molecule has 1 atom stereocenters. The van der Waals surface area contributed by atoms with Gasteiger partial charge in [0.05, 0.1) is 10.6 Å². The van der Waals surface area contributed by atoms with Crippen molar-refractivity contribution in [3.05, 3.63) is 120 Å². The van der Waals surface area contributed by atoms with Crippen molar-refractivity contribution < 1.29 is 31.9 Å². The molecule has 0 radical (unpaired) electrons. The van der Waals surface area contributed by atoms with Crippen LogP contribution in [0, 0.1) is 12.7 Å². The third kappa shape index (κ3) is 8.28. The average Bonchev–Trinajstić information content (AvgIpc) is 3.05. The Morgan fingerprint density at radius 3 is 2.21 bits per heavy atom. The molecular weight excluding hydrogens is 621 g/mol. The van der Waals surface area contributed by atoms with Crippen LogP contribution < -0.4 is 19.1 Å². The van der Waals surface area contributed by atoms with Gasteiger partial charge in [0, 0.05) is 25.1 Å². The lowest BCUT2D eigenvalue weighted by atomic mass is 10.0. The van der Waals surface area contributed by atoms with Gasteiger partial charge in [-0.2, -0.15) is 0 Å². The molecule has 0 bridgehead atoms. The van der Waals surface area contributed by atoms with Crippen LogP contribution in [0.25, 0.3) is 0 Å². The minimum absolute atomic E-state index is 0.0465. The quantitative estimate of drug-likeness (QED) is 0.222. The summed E-state index contributed by atoms with van der Waals surface area (Å²) < 4.78 is 54.7. The van der Waals surface area contributed by atoms with Crippen molar-refractivity contribution in [2.75, 3.05) is 24.1 Å². The minimum atomic E-state index is -4.41. The molecule has 0 unspecified atom stereocenters. The van der Waals surface area contributed by atoms with Gasteiger partial charge in [0.1, 0.15) is 31.6 Å². The van der Waals surface area contributed by atoms with E-state index in [1.54, 1.807) is 0 Å². The summed E-state index contributed by atoms with van der Waals surface area (Å²) in [5.74, 6) is -0.878. The smallest absolute Gasteiger partial charge is 0.264 e. The molecule has 1 N–H and O–H groups in total. The van der Waals surface area contributed by atoms with Gasteiger partial charge in [-0.15, -0.1) is 0 Å². The van der Waals surface area contributed by atoms with E-state index in [2.05, 4.69) is 5.32 Å². The molecule has 0 saturated heterocycles. The summed E-state index contributed by atoms with van der Waals surface area (Å²) in [4.78, 5) is 29.6. The van der Waals surface area contributed by atoms with Gasteiger partial charge in [0.2, 0.25) is 11.8 Å². The van der Waals surface area contributed by atoms with E-state index in [1.807, 2.05) is 75.4 Å². The van der Waals surface area contributed by atoms with Crippen molar-refractivity contribution in [2.24, 2.45) is 0 Å². The van der Waals surface area contributed by atoms with Gasteiger partial charge in [-0.25, -0.2) is 12.8 Å². The van der Waals surface area contributed by atoms with Crippen LogP contribution in [0.1, 0.15) is 30.5 Å². The third-order valence-corrected chi connectivity index (χ3v) is 9.40. The zero-order valence-corrected chi connectivity index (χ0v) is 27.4. The highest BCUT2D eigenvalue weighted by Crippen LogP contribution is 2.34. The first-order chi connectivity index (χ1) is 22.5. The second-order valence-electron chi connectivity index (χ2n) is 11.7. The molecule has 0 spiro atoms. The van der Waals surface area contributed by atoms with Crippen LogP contribution >= 0.6 is 0 Å². The molecule has 0 fully saturated rings. The van der Waals surface area contributed by atoms with Crippen molar-refractivity contribution in [3.63, 3.8) is 0 Å². The van der Waals surface area contributed by atoms with Crippen LogP contribution in [0.3, 0.4) is 0 Å². The van der Waals surface area contributed by atoms with Gasteiger partial charge < -0.3 is 19.7 Å². The number of halogens is 1. The SMILES string of the molecule is Cc1cccc(CN(C(=O)CN(c2ccc(F)cc2)S(=O)(=O)c2ccc3c(c2)OCCO3)[C@H](Cc2ccccc2)C(=O)NC(C)C)c1. The normalized spacial score (nSPS) is 13.1. The zero-order valence-electron chi connectivity index (χ0n) is 26.6. The van der Waals surface area contributed by atoms with Crippen molar-refractivity contribution in [1.29, 1.82) is 0 Å². The number of nitrogens with one attached hydrogen (secondary N) is 1. The average molecular weight is 660 g/mol. The third-order valence-electron chi connectivity index (χ3n) is 7.63. The van der Waals surface area contributed by atoms with Crippen molar-refractivity contribution in [2.45, 2.75) is 50.7 Å². The molecule has 0 saturated carbocycles. The molecule has 5 rings (SSSR count). The van der Waals surface area contributed by atoms with Gasteiger partial charge in [0.25, 0.3) is 10.0 Å². The van der Waals surface area contributed by atoms with Crippen LogP contribution in [0.4, 0.5) is 10.1 Å². The number of carbonyl (C=O) groups excluding carboxylic acids is 2. The molecule has 1 aliphatic heterocycles. The molecule has 4 aromatic rings. The Hall–Kier alpha value is -4.90. The fraction of sp³-hybridized carbons (Fsp3) is 0.278. The van der Waals surface area contributed by atoms with Gasteiger partial charge >= 0.3 is 0 Å². The number of benzene rings is 4. The maximum atomic E-state index is 14.5. The number of ether oxygens (including phenoxy) is 2. The summed E-state index contributed by atoms with van der Waals surface area (Å²) in [6.07, 6.45) is 0.197. The highest BCUT2D eigenvalue weighted by molar-refractivity contribution is 7.92. The van der Waals surface area contributed by atoms with Crippen LogP contribution in [-0.4, -0.2) is 57.0 Å². The summed E-state index contributed by atoms with van der Waals surface area (Å²) in [6.45, 7) is 5.57. The van der Waals surface area contributed by atoms with E-state index in [0.717, 1.165) is 33.1 Å². The topological polar surface area (TPSA) is 105 Å². The highest BCUT2D eigenvalue weighted by atomic mass is 32.2. The van der Waals surface area contributed by atoms with Crippen LogP contribution in [-0.2, 0) is 32.6 Å².